The van der Waals surface area contributed by atoms with Gasteiger partial charge in [0.1, 0.15) is 0 Å². The van der Waals surface area contributed by atoms with Crippen LogP contribution in [0.1, 0.15) is 76.6 Å². The molecule has 0 bridgehead atoms. The Morgan fingerprint density at radius 2 is 1.89 bits per heavy atom. The van der Waals surface area contributed by atoms with Crippen molar-refractivity contribution in [3.05, 3.63) is 23.8 Å². The van der Waals surface area contributed by atoms with Gasteiger partial charge in [0.25, 0.3) is 5.91 Å². The van der Waals surface area contributed by atoms with Crippen LogP contribution in [-0.4, -0.2) is 30.9 Å². The summed E-state index contributed by atoms with van der Waals surface area (Å²) in [5.74, 6) is 0.662. The number of nitrogens with zero attached hydrogens (tertiary/aromatic N) is 1. The van der Waals surface area contributed by atoms with Crippen LogP contribution < -0.4 is 15.5 Å². The zero-order valence-electron chi connectivity index (χ0n) is 17.3. The predicted molar refractivity (Wildman–Crippen MR) is 112 cm³/mol. The predicted octanol–water partition coefficient (Wildman–Crippen LogP) is 4.58. The fourth-order valence-electron chi connectivity index (χ4n) is 3.42. The Kier molecular flexibility index (Phi) is 8.14. The molecular weight excluding hydrogens is 338 g/mol. The Balaban J connectivity index is 2.18. The molecule has 2 N–H and O–H groups in total. The Morgan fingerprint density at radius 1 is 1.19 bits per heavy atom. The highest BCUT2D eigenvalue weighted by Gasteiger charge is 2.22. The molecule has 1 saturated heterocycles. The molecule has 5 heteroatoms. The van der Waals surface area contributed by atoms with Gasteiger partial charge in [-0.1, -0.05) is 26.7 Å². The summed E-state index contributed by atoms with van der Waals surface area (Å²) in [5, 5.41) is 5.94. The summed E-state index contributed by atoms with van der Waals surface area (Å²) < 4.78 is 0. The fraction of sp³-hybridized carbons (Fsp3) is 0.636. The number of unbranched alkanes of at least 4 members (excludes halogenated alkanes) is 2. The van der Waals surface area contributed by atoms with E-state index in [1.54, 1.807) is 0 Å². The van der Waals surface area contributed by atoms with E-state index in [-0.39, 0.29) is 17.9 Å². The summed E-state index contributed by atoms with van der Waals surface area (Å²) in [6.45, 7) is 10.2. The van der Waals surface area contributed by atoms with Crippen molar-refractivity contribution in [1.82, 2.24) is 5.32 Å². The van der Waals surface area contributed by atoms with Crippen LogP contribution in [0.3, 0.4) is 0 Å². The van der Waals surface area contributed by atoms with Crippen molar-refractivity contribution in [1.29, 1.82) is 0 Å². The van der Waals surface area contributed by atoms with E-state index in [0.717, 1.165) is 56.8 Å². The number of piperidine rings is 1. The average Bonchev–Trinajstić information content (AvgIpc) is 2.62. The second kappa shape index (κ2) is 10.3. The molecule has 2 rings (SSSR count). The second-order valence-electron chi connectivity index (χ2n) is 8.03. The SMILES string of the molecule is CCCCCC(=O)Nc1ccc(N2CCC(C)CC2)c(C(=O)NC(C)C)c1. The van der Waals surface area contributed by atoms with Crippen LogP contribution in [0.25, 0.3) is 0 Å². The summed E-state index contributed by atoms with van der Waals surface area (Å²) in [6, 6.07) is 5.78. The number of amides is 2. The minimum absolute atomic E-state index is 0.0122. The number of anilines is 2. The third-order valence-corrected chi connectivity index (χ3v) is 5.08. The average molecular weight is 374 g/mol. The van der Waals surface area contributed by atoms with E-state index in [0.29, 0.717) is 17.7 Å². The number of rotatable bonds is 8. The zero-order chi connectivity index (χ0) is 19.8. The Hall–Kier alpha value is -2.04. The van der Waals surface area contributed by atoms with Crippen LogP contribution in [0.2, 0.25) is 0 Å². The lowest BCUT2D eigenvalue weighted by molar-refractivity contribution is -0.116. The van der Waals surface area contributed by atoms with Crippen LogP contribution in [-0.2, 0) is 4.79 Å². The summed E-state index contributed by atoms with van der Waals surface area (Å²) in [6.07, 6.45) is 5.85. The van der Waals surface area contributed by atoms with Gasteiger partial charge in [0, 0.05) is 36.9 Å². The summed E-state index contributed by atoms with van der Waals surface area (Å²) in [4.78, 5) is 27.2. The molecule has 0 atom stereocenters. The number of nitrogens with one attached hydrogen (secondary N) is 2. The second-order valence-corrected chi connectivity index (χ2v) is 8.03. The molecule has 0 radical (unpaired) electrons. The van der Waals surface area contributed by atoms with Crippen LogP contribution in [0, 0.1) is 5.92 Å². The van der Waals surface area contributed by atoms with E-state index >= 15 is 0 Å². The quantitative estimate of drug-likeness (QED) is 0.656. The van der Waals surface area contributed by atoms with Crippen LogP contribution in [0.5, 0.6) is 0 Å². The molecule has 1 heterocycles. The third kappa shape index (κ3) is 6.56. The van der Waals surface area contributed by atoms with E-state index in [4.69, 9.17) is 0 Å². The maximum absolute atomic E-state index is 12.8. The molecule has 27 heavy (non-hydrogen) atoms. The van der Waals surface area contributed by atoms with E-state index in [1.165, 1.54) is 0 Å². The Labute approximate surface area is 163 Å². The molecule has 5 nitrogen and oxygen atoms in total. The van der Waals surface area contributed by atoms with Crippen molar-refractivity contribution in [2.45, 2.75) is 72.3 Å². The first-order valence-corrected chi connectivity index (χ1v) is 10.4. The van der Waals surface area contributed by atoms with Crippen LogP contribution in [0.15, 0.2) is 18.2 Å². The minimum atomic E-state index is -0.0827. The molecule has 1 fully saturated rings. The number of hydrogen-bond donors (Lipinski definition) is 2. The van der Waals surface area contributed by atoms with Gasteiger partial charge in [0.05, 0.1) is 5.56 Å². The monoisotopic (exact) mass is 373 g/mol. The van der Waals surface area contributed by atoms with Gasteiger partial charge in [-0.25, -0.2) is 0 Å². The fourth-order valence-corrected chi connectivity index (χ4v) is 3.42. The maximum atomic E-state index is 12.8. The number of carbonyl (C=O) groups is 2. The first kappa shape index (κ1) is 21.3. The highest BCUT2D eigenvalue weighted by atomic mass is 16.2. The normalized spacial score (nSPS) is 15.1. The lowest BCUT2D eigenvalue weighted by atomic mass is 9.97. The summed E-state index contributed by atoms with van der Waals surface area (Å²) in [7, 11) is 0. The number of benzene rings is 1. The molecule has 0 saturated carbocycles. The standard InChI is InChI=1S/C22H35N3O2/c1-5-6-7-8-21(26)24-18-9-10-20(25-13-11-17(4)12-14-25)19(15-18)22(27)23-16(2)3/h9-10,15-17H,5-8,11-14H2,1-4H3,(H,23,27)(H,24,26). The lowest BCUT2D eigenvalue weighted by Gasteiger charge is -2.33. The third-order valence-electron chi connectivity index (χ3n) is 5.08. The highest BCUT2D eigenvalue weighted by molar-refractivity contribution is 6.02. The van der Waals surface area contributed by atoms with Crippen molar-refractivity contribution in [2.24, 2.45) is 5.92 Å². The molecule has 0 aliphatic carbocycles. The van der Waals surface area contributed by atoms with Crippen molar-refractivity contribution in [3.63, 3.8) is 0 Å². The zero-order valence-corrected chi connectivity index (χ0v) is 17.3. The molecule has 150 valence electrons. The van der Waals surface area contributed by atoms with Crippen molar-refractivity contribution in [2.75, 3.05) is 23.3 Å². The number of carbonyl (C=O) groups excluding carboxylic acids is 2. The molecule has 2 amide bonds. The van der Waals surface area contributed by atoms with E-state index in [2.05, 4.69) is 29.4 Å². The maximum Gasteiger partial charge on any atom is 0.253 e. The van der Waals surface area contributed by atoms with Gasteiger partial charge in [-0.3, -0.25) is 9.59 Å². The largest absolute Gasteiger partial charge is 0.371 e. The van der Waals surface area contributed by atoms with Crippen molar-refractivity contribution >= 4 is 23.2 Å². The smallest absolute Gasteiger partial charge is 0.253 e. The first-order chi connectivity index (χ1) is 12.9. The van der Waals surface area contributed by atoms with Crippen LogP contribution in [0.4, 0.5) is 11.4 Å². The Morgan fingerprint density at radius 3 is 2.52 bits per heavy atom. The summed E-state index contributed by atoms with van der Waals surface area (Å²) in [5.41, 5.74) is 2.30. The van der Waals surface area contributed by atoms with Gasteiger partial charge in [-0.15, -0.1) is 0 Å². The molecule has 1 aliphatic rings. The highest BCUT2D eigenvalue weighted by Crippen LogP contribution is 2.29. The Bertz CT molecular complexity index is 634. The van der Waals surface area contributed by atoms with Gasteiger partial charge < -0.3 is 15.5 Å². The molecule has 0 aromatic heterocycles. The molecule has 0 spiro atoms. The van der Waals surface area contributed by atoms with Crippen molar-refractivity contribution in [3.8, 4) is 0 Å². The molecule has 0 unspecified atom stereocenters. The van der Waals surface area contributed by atoms with Crippen LogP contribution >= 0.6 is 0 Å². The molecule has 1 aromatic carbocycles. The van der Waals surface area contributed by atoms with Gasteiger partial charge in [0.2, 0.25) is 5.91 Å². The van der Waals surface area contributed by atoms with Gasteiger partial charge in [-0.05, 0) is 57.2 Å². The topological polar surface area (TPSA) is 61.4 Å². The molecular formula is C22H35N3O2. The van der Waals surface area contributed by atoms with Gasteiger partial charge in [-0.2, -0.15) is 0 Å². The van der Waals surface area contributed by atoms with E-state index < -0.39 is 0 Å². The van der Waals surface area contributed by atoms with Gasteiger partial charge >= 0.3 is 0 Å². The summed E-state index contributed by atoms with van der Waals surface area (Å²) >= 11 is 0. The molecule has 1 aliphatic heterocycles. The van der Waals surface area contributed by atoms with E-state index in [9.17, 15) is 9.59 Å². The first-order valence-electron chi connectivity index (χ1n) is 10.4. The van der Waals surface area contributed by atoms with E-state index in [1.807, 2.05) is 32.0 Å². The molecule has 1 aromatic rings. The minimum Gasteiger partial charge on any atom is -0.371 e. The van der Waals surface area contributed by atoms with Crippen molar-refractivity contribution < 1.29 is 9.59 Å². The van der Waals surface area contributed by atoms with Gasteiger partial charge in [0.15, 0.2) is 0 Å². The lowest BCUT2D eigenvalue weighted by Crippen LogP contribution is -2.36. The number of hydrogen-bond acceptors (Lipinski definition) is 3.